The van der Waals surface area contributed by atoms with Gasteiger partial charge in [0, 0.05) is 22.4 Å². The molecule has 2 rings (SSSR count). The topological polar surface area (TPSA) is 95.8 Å². The van der Waals surface area contributed by atoms with E-state index in [0.717, 1.165) is 28.8 Å². The van der Waals surface area contributed by atoms with E-state index in [2.05, 4.69) is 9.97 Å². The number of rotatable bonds is 6. The molecule has 0 saturated carbocycles. The van der Waals surface area contributed by atoms with Gasteiger partial charge in [-0.15, -0.1) is 36.2 Å². The molecule has 0 aliphatic rings. The monoisotopic (exact) mass is 446 g/mol. The minimum absolute atomic E-state index is 0. The number of aliphatic hydroxyl groups is 1. The van der Waals surface area contributed by atoms with Crippen LogP contribution in [0.25, 0.3) is 0 Å². The Bertz CT molecular complexity index is 726. The Labute approximate surface area is 168 Å². The van der Waals surface area contributed by atoms with E-state index in [1.165, 1.54) is 11.3 Å². The Morgan fingerprint density at radius 3 is 2.54 bits per heavy atom. The summed E-state index contributed by atoms with van der Waals surface area (Å²) in [4.78, 5) is 8.33. The van der Waals surface area contributed by atoms with Crippen molar-refractivity contribution >= 4 is 47.9 Å². The SMILES string of the molecule is Cl.Cl.N#Cc1ccc(C(F)(F)F)nc1S[C@H](C[C@H](N)CO)c1cncs1. The van der Waals surface area contributed by atoms with E-state index in [1.807, 2.05) is 6.07 Å². The molecule has 144 valence electrons. The van der Waals surface area contributed by atoms with Crippen LogP contribution in [0.2, 0.25) is 0 Å². The Balaban J connectivity index is 0.00000312. The molecular weight excluding hydrogens is 432 g/mol. The summed E-state index contributed by atoms with van der Waals surface area (Å²) in [5.74, 6) is 0. The molecule has 3 N–H and O–H groups in total. The molecule has 0 aliphatic heterocycles. The Morgan fingerprint density at radius 1 is 1.35 bits per heavy atom. The van der Waals surface area contributed by atoms with Crippen LogP contribution in [-0.2, 0) is 6.18 Å². The van der Waals surface area contributed by atoms with Crippen LogP contribution in [0, 0.1) is 11.3 Å². The highest BCUT2D eigenvalue weighted by Gasteiger charge is 2.33. The number of nitrogens with zero attached hydrogens (tertiary/aromatic N) is 3. The van der Waals surface area contributed by atoms with Crippen LogP contribution in [0.1, 0.15) is 27.8 Å². The van der Waals surface area contributed by atoms with Gasteiger partial charge in [-0.1, -0.05) is 11.8 Å². The second-order valence-corrected chi connectivity index (χ2v) is 6.96. The van der Waals surface area contributed by atoms with E-state index in [1.54, 1.807) is 11.7 Å². The van der Waals surface area contributed by atoms with Crippen LogP contribution < -0.4 is 5.73 Å². The molecule has 0 aliphatic carbocycles. The van der Waals surface area contributed by atoms with Crippen molar-refractivity contribution in [2.75, 3.05) is 6.61 Å². The number of aromatic nitrogens is 2. The molecule has 5 nitrogen and oxygen atoms in total. The van der Waals surface area contributed by atoms with Crippen molar-refractivity contribution in [3.8, 4) is 6.07 Å². The zero-order valence-corrected chi connectivity index (χ0v) is 16.3. The minimum atomic E-state index is -4.59. The fraction of sp³-hybridized carbons (Fsp3) is 0.357. The largest absolute Gasteiger partial charge is 0.433 e. The van der Waals surface area contributed by atoms with Crippen molar-refractivity contribution in [3.63, 3.8) is 0 Å². The molecule has 12 heteroatoms. The van der Waals surface area contributed by atoms with Gasteiger partial charge in [-0.3, -0.25) is 4.98 Å². The van der Waals surface area contributed by atoms with E-state index in [9.17, 15) is 13.2 Å². The highest BCUT2D eigenvalue weighted by molar-refractivity contribution is 7.99. The molecule has 0 radical (unpaired) electrons. The van der Waals surface area contributed by atoms with Gasteiger partial charge in [-0.25, -0.2) is 4.98 Å². The van der Waals surface area contributed by atoms with E-state index >= 15 is 0 Å². The van der Waals surface area contributed by atoms with E-state index in [4.69, 9.17) is 16.1 Å². The average Bonchev–Trinajstić information content (AvgIpc) is 3.07. The first kappa shape index (κ1) is 24.9. The molecule has 0 amide bonds. The quantitative estimate of drug-likeness (QED) is 0.654. The predicted molar refractivity (Wildman–Crippen MR) is 98.8 cm³/mol. The van der Waals surface area contributed by atoms with Crippen molar-refractivity contribution in [3.05, 3.63) is 40.0 Å². The maximum absolute atomic E-state index is 12.9. The molecular formula is C14H15Cl2F3N4OS2. The second kappa shape index (κ2) is 10.9. The second-order valence-electron chi connectivity index (χ2n) is 4.85. The number of hydrogen-bond donors (Lipinski definition) is 2. The summed E-state index contributed by atoms with van der Waals surface area (Å²) in [5, 5.41) is 17.9. The normalized spacial score (nSPS) is 13.1. The Morgan fingerprint density at radius 2 is 2.04 bits per heavy atom. The molecule has 26 heavy (non-hydrogen) atoms. The Kier molecular flexibility index (Phi) is 10.5. The van der Waals surface area contributed by atoms with Gasteiger partial charge in [0.25, 0.3) is 0 Å². The lowest BCUT2D eigenvalue weighted by atomic mass is 10.1. The molecule has 2 aromatic heterocycles. The number of nitrogens with two attached hydrogens (primary N) is 1. The van der Waals surface area contributed by atoms with Gasteiger partial charge >= 0.3 is 6.18 Å². The van der Waals surface area contributed by atoms with Crippen LogP contribution >= 0.6 is 47.9 Å². The van der Waals surface area contributed by atoms with Crippen molar-refractivity contribution in [2.45, 2.75) is 28.9 Å². The molecule has 2 heterocycles. The summed E-state index contributed by atoms with van der Waals surface area (Å²) in [6.45, 7) is -0.253. The summed E-state index contributed by atoms with van der Waals surface area (Å²) >= 11 is 2.34. The predicted octanol–water partition coefficient (Wildman–Crippen LogP) is 3.82. The number of thioether (sulfide) groups is 1. The standard InChI is InChI=1S/C14H13F3N4OS2.2ClH/c15-14(16,17)12-2-1-8(4-18)13(21-12)24-10(3-9(19)6-22)11-5-20-7-23-11;;/h1-2,5,7,9-10,22H,3,6,19H2;2*1H/t9-,10+;;/m0../s1. The third kappa shape index (κ3) is 6.57. The van der Waals surface area contributed by atoms with Gasteiger partial charge in [-0.05, 0) is 18.6 Å². The van der Waals surface area contributed by atoms with Gasteiger partial charge in [0.1, 0.15) is 16.8 Å². The van der Waals surface area contributed by atoms with Crippen LogP contribution in [0.4, 0.5) is 13.2 Å². The molecule has 2 atom stereocenters. The molecule has 0 spiro atoms. The smallest absolute Gasteiger partial charge is 0.395 e. The summed E-state index contributed by atoms with van der Waals surface area (Å²) in [7, 11) is 0. The van der Waals surface area contributed by atoms with E-state index in [0.29, 0.717) is 6.42 Å². The van der Waals surface area contributed by atoms with Crippen LogP contribution in [0.3, 0.4) is 0 Å². The first-order valence-corrected chi connectivity index (χ1v) is 8.51. The van der Waals surface area contributed by atoms with Crippen LogP contribution in [0.15, 0.2) is 28.9 Å². The Hall–Kier alpha value is -1.09. The van der Waals surface area contributed by atoms with Crippen molar-refractivity contribution < 1.29 is 18.3 Å². The van der Waals surface area contributed by atoms with Crippen molar-refractivity contribution in [1.29, 1.82) is 5.26 Å². The van der Waals surface area contributed by atoms with E-state index < -0.39 is 17.9 Å². The number of thiazole rings is 1. The van der Waals surface area contributed by atoms with Gasteiger partial charge in [0.15, 0.2) is 0 Å². The number of nitriles is 1. The highest BCUT2D eigenvalue weighted by atomic mass is 35.5. The zero-order chi connectivity index (χ0) is 17.7. The summed E-state index contributed by atoms with van der Waals surface area (Å²) in [6.07, 6.45) is -2.69. The maximum Gasteiger partial charge on any atom is 0.433 e. The number of hydrogen-bond acceptors (Lipinski definition) is 7. The fourth-order valence-corrected chi connectivity index (χ4v) is 3.97. The summed E-state index contributed by atoms with van der Waals surface area (Å²) in [6, 6.07) is 3.19. The lowest BCUT2D eigenvalue weighted by molar-refractivity contribution is -0.141. The van der Waals surface area contributed by atoms with Gasteiger partial charge < -0.3 is 10.8 Å². The van der Waals surface area contributed by atoms with Crippen LogP contribution in [-0.4, -0.2) is 27.7 Å². The van der Waals surface area contributed by atoms with Crippen LogP contribution in [0.5, 0.6) is 0 Å². The number of pyridine rings is 1. The molecule has 0 bridgehead atoms. The fourth-order valence-electron chi connectivity index (χ4n) is 1.86. The average molecular weight is 447 g/mol. The van der Waals surface area contributed by atoms with Gasteiger partial charge in [0.05, 0.1) is 17.7 Å². The third-order valence-electron chi connectivity index (χ3n) is 3.05. The highest BCUT2D eigenvalue weighted by Crippen LogP contribution is 2.41. The number of aliphatic hydroxyl groups excluding tert-OH is 1. The van der Waals surface area contributed by atoms with Crippen molar-refractivity contribution in [1.82, 2.24) is 9.97 Å². The lowest BCUT2D eigenvalue weighted by Crippen LogP contribution is -2.26. The van der Waals surface area contributed by atoms with E-state index in [-0.39, 0.29) is 47.3 Å². The molecule has 0 saturated heterocycles. The van der Waals surface area contributed by atoms with Gasteiger partial charge in [0.2, 0.25) is 0 Å². The first-order chi connectivity index (χ1) is 11.3. The molecule has 0 aromatic carbocycles. The molecule has 0 fully saturated rings. The van der Waals surface area contributed by atoms with Crippen molar-refractivity contribution in [2.24, 2.45) is 5.73 Å². The maximum atomic E-state index is 12.9. The summed E-state index contributed by atoms with van der Waals surface area (Å²) in [5.41, 5.74) is 6.35. The third-order valence-corrected chi connectivity index (χ3v) is 5.35. The molecule has 0 unspecified atom stereocenters. The zero-order valence-electron chi connectivity index (χ0n) is 13.0. The number of alkyl halides is 3. The molecule has 2 aromatic rings. The number of halogens is 5. The lowest BCUT2D eigenvalue weighted by Gasteiger charge is -2.18. The minimum Gasteiger partial charge on any atom is -0.395 e. The van der Waals surface area contributed by atoms with Gasteiger partial charge in [-0.2, -0.15) is 18.4 Å². The first-order valence-electron chi connectivity index (χ1n) is 6.75. The summed E-state index contributed by atoms with van der Waals surface area (Å²) < 4.78 is 38.6.